The quantitative estimate of drug-likeness (QED) is 0.834. The second kappa shape index (κ2) is 6.37. The molecule has 2 amide bonds. The molecule has 0 unspecified atom stereocenters. The molecule has 0 bridgehead atoms. The van der Waals surface area contributed by atoms with Crippen LogP contribution in [0.3, 0.4) is 0 Å². The van der Waals surface area contributed by atoms with Crippen LogP contribution in [0.25, 0.3) is 5.69 Å². The number of hydrogen-bond donors (Lipinski definition) is 1. The highest BCUT2D eigenvalue weighted by Crippen LogP contribution is 2.22. The highest BCUT2D eigenvalue weighted by Gasteiger charge is 2.34. The standard InChI is InChI=1S/C16H15BrN4O2/c1-2-15(22)20-8-11(9-20)16(23)19-12-7-18-21(10-12)14-6-4-3-5-13(14)17/h2-7,10-11H,1,8-9H2,(H,19,23). The second-order valence-electron chi connectivity index (χ2n) is 5.26. The Bertz CT molecular complexity index is 765. The first-order valence-electron chi connectivity index (χ1n) is 7.10. The van der Waals surface area contributed by atoms with Crippen molar-refractivity contribution < 1.29 is 9.59 Å². The van der Waals surface area contributed by atoms with Crippen LogP contribution in [0.2, 0.25) is 0 Å². The highest BCUT2D eigenvalue weighted by molar-refractivity contribution is 9.10. The summed E-state index contributed by atoms with van der Waals surface area (Å²) in [5, 5.41) is 7.08. The summed E-state index contributed by atoms with van der Waals surface area (Å²) in [6.07, 6.45) is 4.61. The minimum atomic E-state index is -0.189. The first-order chi connectivity index (χ1) is 11.1. The Morgan fingerprint density at radius 1 is 1.35 bits per heavy atom. The Balaban J connectivity index is 1.62. The predicted octanol–water partition coefficient (Wildman–Crippen LogP) is 2.22. The molecule has 1 aromatic heterocycles. The van der Waals surface area contributed by atoms with Gasteiger partial charge in [0.05, 0.1) is 29.7 Å². The Hall–Kier alpha value is -2.41. The topological polar surface area (TPSA) is 67.2 Å². The third-order valence-electron chi connectivity index (χ3n) is 3.69. The SMILES string of the molecule is C=CC(=O)N1CC(C(=O)Nc2cnn(-c3ccccc3Br)c2)C1. The molecule has 1 aliphatic rings. The summed E-state index contributed by atoms with van der Waals surface area (Å²) in [6.45, 7) is 4.28. The van der Waals surface area contributed by atoms with E-state index < -0.39 is 0 Å². The van der Waals surface area contributed by atoms with Gasteiger partial charge in [-0.2, -0.15) is 5.10 Å². The minimum Gasteiger partial charge on any atom is -0.337 e. The number of aromatic nitrogens is 2. The highest BCUT2D eigenvalue weighted by atomic mass is 79.9. The number of amides is 2. The molecule has 0 atom stereocenters. The number of para-hydroxylation sites is 1. The molecule has 1 N–H and O–H groups in total. The molecule has 3 rings (SSSR count). The normalized spacial score (nSPS) is 14.2. The number of carbonyl (C=O) groups is 2. The first kappa shape index (κ1) is 15.5. The summed E-state index contributed by atoms with van der Waals surface area (Å²) in [7, 11) is 0. The van der Waals surface area contributed by atoms with Crippen LogP contribution in [0.1, 0.15) is 0 Å². The van der Waals surface area contributed by atoms with E-state index in [1.165, 1.54) is 6.08 Å². The molecule has 0 spiro atoms. The number of halogens is 1. The van der Waals surface area contributed by atoms with Crippen molar-refractivity contribution in [2.45, 2.75) is 0 Å². The van der Waals surface area contributed by atoms with Gasteiger partial charge in [-0.15, -0.1) is 0 Å². The Labute approximate surface area is 141 Å². The smallest absolute Gasteiger partial charge is 0.246 e. The van der Waals surface area contributed by atoms with Gasteiger partial charge in [0.25, 0.3) is 0 Å². The van der Waals surface area contributed by atoms with Crippen molar-refractivity contribution in [2.24, 2.45) is 5.92 Å². The summed E-state index contributed by atoms with van der Waals surface area (Å²) in [4.78, 5) is 25.1. The van der Waals surface area contributed by atoms with Gasteiger partial charge in [-0.1, -0.05) is 18.7 Å². The summed E-state index contributed by atoms with van der Waals surface area (Å²) in [6, 6.07) is 7.69. The third kappa shape index (κ3) is 3.19. The van der Waals surface area contributed by atoms with Crippen molar-refractivity contribution in [2.75, 3.05) is 18.4 Å². The van der Waals surface area contributed by atoms with E-state index in [1.807, 2.05) is 24.3 Å². The average molecular weight is 375 g/mol. The molecular weight excluding hydrogens is 360 g/mol. The fourth-order valence-electron chi connectivity index (χ4n) is 2.35. The molecule has 1 saturated heterocycles. The molecule has 7 heteroatoms. The number of anilines is 1. The van der Waals surface area contributed by atoms with Gasteiger partial charge in [0.2, 0.25) is 11.8 Å². The van der Waals surface area contributed by atoms with Gasteiger partial charge in [0.1, 0.15) is 0 Å². The van der Waals surface area contributed by atoms with Crippen LogP contribution in [0.4, 0.5) is 5.69 Å². The van der Waals surface area contributed by atoms with Crippen molar-refractivity contribution in [3.05, 3.63) is 53.8 Å². The number of carbonyl (C=O) groups excluding carboxylic acids is 2. The van der Waals surface area contributed by atoms with E-state index in [9.17, 15) is 9.59 Å². The Morgan fingerprint density at radius 3 is 2.78 bits per heavy atom. The van der Waals surface area contributed by atoms with Gasteiger partial charge < -0.3 is 10.2 Å². The van der Waals surface area contributed by atoms with E-state index in [4.69, 9.17) is 0 Å². The molecule has 6 nitrogen and oxygen atoms in total. The number of benzene rings is 1. The number of rotatable bonds is 4. The maximum Gasteiger partial charge on any atom is 0.246 e. The van der Waals surface area contributed by atoms with Crippen molar-refractivity contribution in [1.82, 2.24) is 14.7 Å². The average Bonchev–Trinajstić information content (AvgIpc) is 2.94. The minimum absolute atomic E-state index is 0.107. The Kier molecular flexibility index (Phi) is 4.29. The number of nitrogens with one attached hydrogen (secondary N) is 1. The van der Waals surface area contributed by atoms with E-state index in [-0.39, 0.29) is 17.7 Å². The van der Waals surface area contributed by atoms with E-state index in [2.05, 4.69) is 32.9 Å². The lowest BCUT2D eigenvalue weighted by atomic mass is 9.99. The predicted molar refractivity (Wildman–Crippen MR) is 90.2 cm³/mol. The van der Waals surface area contributed by atoms with Crippen molar-refractivity contribution in [3.8, 4) is 5.69 Å². The lowest BCUT2D eigenvalue weighted by molar-refractivity contribution is -0.137. The monoisotopic (exact) mass is 374 g/mol. The maximum absolute atomic E-state index is 12.1. The summed E-state index contributed by atoms with van der Waals surface area (Å²) >= 11 is 3.47. The molecule has 1 aliphatic heterocycles. The van der Waals surface area contributed by atoms with E-state index in [1.54, 1.807) is 22.0 Å². The fraction of sp³-hybridized carbons (Fsp3) is 0.188. The molecular formula is C16H15BrN4O2. The number of nitrogens with zero attached hydrogens (tertiary/aromatic N) is 3. The van der Waals surface area contributed by atoms with Crippen LogP contribution in [-0.2, 0) is 9.59 Å². The molecule has 2 heterocycles. The molecule has 2 aromatic rings. The molecule has 1 aromatic carbocycles. The van der Waals surface area contributed by atoms with E-state index in [0.29, 0.717) is 18.8 Å². The zero-order chi connectivity index (χ0) is 16.4. The lowest BCUT2D eigenvalue weighted by Crippen LogP contribution is -2.53. The summed E-state index contributed by atoms with van der Waals surface area (Å²) in [5.41, 5.74) is 1.51. The molecule has 1 fully saturated rings. The molecule has 118 valence electrons. The van der Waals surface area contributed by atoms with Gasteiger partial charge in [-0.05, 0) is 34.1 Å². The number of hydrogen-bond acceptors (Lipinski definition) is 3. The Morgan fingerprint density at radius 2 is 2.09 bits per heavy atom. The van der Waals surface area contributed by atoms with Crippen LogP contribution < -0.4 is 5.32 Å². The second-order valence-corrected chi connectivity index (χ2v) is 6.11. The largest absolute Gasteiger partial charge is 0.337 e. The van der Waals surface area contributed by atoms with E-state index in [0.717, 1.165) is 10.2 Å². The van der Waals surface area contributed by atoms with Crippen molar-refractivity contribution >= 4 is 33.4 Å². The fourth-order valence-corrected chi connectivity index (χ4v) is 2.82. The zero-order valence-electron chi connectivity index (χ0n) is 12.3. The zero-order valence-corrected chi connectivity index (χ0v) is 13.9. The van der Waals surface area contributed by atoms with Gasteiger partial charge in [0, 0.05) is 17.6 Å². The first-order valence-corrected chi connectivity index (χ1v) is 7.89. The summed E-state index contributed by atoms with van der Waals surface area (Å²) < 4.78 is 2.60. The summed E-state index contributed by atoms with van der Waals surface area (Å²) in [5.74, 6) is -0.439. The van der Waals surface area contributed by atoms with Crippen molar-refractivity contribution in [3.63, 3.8) is 0 Å². The van der Waals surface area contributed by atoms with Crippen LogP contribution in [0.15, 0.2) is 53.8 Å². The van der Waals surface area contributed by atoms with E-state index >= 15 is 0 Å². The van der Waals surface area contributed by atoms with Gasteiger partial charge in [0.15, 0.2) is 0 Å². The van der Waals surface area contributed by atoms with Crippen LogP contribution in [0.5, 0.6) is 0 Å². The lowest BCUT2D eigenvalue weighted by Gasteiger charge is -2.37. The van der Waals surface area contributed by atoms with Crippen LogP contribution in [-0.4, -0.2) is 39.6 Å². The molecule has 0 radical (unpaired) electrons. The molecule has 0 aliphatic carbocycles. The third-order valence-corrected chi connectivity index (χ3v) is 4.36. The van der Waals surface area contributed by atoms with Gasteiger partial charge >= 0.3 is 0 Å². The van der Waals surface area contributed by atoms with Gasteiger partial charge in [-0.25, -0.2) is 4.68 Å². The van der Waals surface area contributed by atoms with Gasteiger partial charge in [-0.3, -0.25) is 9.59 Å². The molecule has 23 heavy (non-hydrogen) atoms. The van der Waals surface area contributed by atoms with Crippen LogP contribution >= 0.6 is 15.9 Å². The molecule has 0 saturated carbocycles. The van der Waals surface area contributed by atoms with Crippen LogP contribution in [0, 0.1) is 5.92 Å². The number of likely N-dealkylation sites (tertiary alicyclic amines) is 1. The maximum atomic E-state index is 12.1. The van der Waals surface area contributed by atoms with Crippen molar-refractivity contribution in [1.29, 1.82) is 0 Å².